The standard InChI is InChI=1S/C11H14N2O2/c14-11(15)10-3-5-13(8-10)7-9-2-1-4-12-6-9/h1-2,4,6,10H,3,5,7-8H2,(H,14,15)/t10-/m1/s1. The normalized spacial score (nSPS) is 21.7. The van der Waals surface area contributed by atoms with Crippen molar-refractivity contribution >= 4 is 5.97 Å². The topological polar surface area (TPSA) is 53.4 Å². The van der Waals surface area contributed by atoms with E-state index in [4.69, 9.17) is 5.11 Å². The van der Waals surface area contributed by atoms with E-state index in [1.807, 2.05) is 18.3 Å². The summed E-state index contributed by atoms with van der Waals surface area (Å²) in [4.78, 5) is 17.0. The van der Waals surface area contributed by atoms with Gasteiger partial charge in [-0.1, -0.05) is 6.07 Å². The minimum atomic E-state index is -0.677. The number of carboxylic acids is 1. The Kier molecular flexibility index (Phi) is 2.97. The van der Waals surface area contributed by atoms with Crippen LogP contribution in [0.2, 0.25) is 0 Å². The molecule has 1 aliphatic heterocycles. The summed E-state index contributed by atoms with van der Waals surface area (Å²) in [6.07, 6.45) is 4.33. The van der Waals surface area contributed by atoms with Crippen LogP contribution in [0.1, 0.15) is 12.0 Å². The van der Waals surface area contributed by atoms with Gasteiger partial charge in [0.2, 0.25) is 0 Å². The van der Waals surface area contributed by atoms with Gasteiger partial charge >= 0.3 is 5.97 Å². The molecule has 0 amide bonds. The monoisotopic (exact) mass is 206 g/mol. The summed E-state index contributed by atoms with van der Waals surface area (Å²) in [6.45, 7) is 2.33. The second-order valence-corrected chi connectivity index (χ2v) is 3.92. The highest BCUT2D eigenvalue weighted by Gasteiger charge is 2.27. The molecule has 1 N–H and O–H groups in total. The fourth-order valence-corrected chi connectivity index (χ4v) is 1.93. The van der Waals surface area contributed by atoms with Gasteiger partial charge in [-0.05, 0) is 24.6 Å². The molecule has 1 aromatic heterocycles. The third kappa shape index (κ3) is 2.53. The Hall–Kier alpha value is -1.42. The van der Waals surface area contributed by atoms with E-state index in [-0.39, 0.29) is 5.92 Å². The van der Waals surface area contributed by atoms with Crippen LogP contribution < -0.4 is 0 Å². The molecule has 0 saturated carbocycles. The molecule has 0 spiro atoms. The van der Waals surface area contributed by atoms with Gasteiger partial charge in [-0.3, -0.25) is 14.7 Å². The van der Waals surface area contributed by atoms with E-state index in [1.165, 1.54) is 0 Å². The first kappa shape index (κ1) is 10.1. The van der Waals surface area contributed by atoms with Gasteiger partial charge in [-0.15, -0.1) is 0 Å². The molecule has 0 radical (unpaired) electrons. The van der Waals surface area contributed by atoms with Crippen LogP contribution in [-0.2, 0) is 11.3 Å². The van der Waals surface area contributed by atoms with Crippen LogP contribution in [0.3, 0.4) is 0 Å². The number of rotatable bonds is 3. The van der Waals surface area contributed by atoms with Crippen molar-refractivity contribution in [3.63, 3.8) is 0 Å². The van der Waals surface area contributed by atoms with Crippen LogP contribution >= 0.6 is 0 Å². The molecular weight excluding hydrogens is 192 g/mol. The first-order valence-corrected chi connectivity index (χ1v) is 5.10. The summed E-state index contributed by atoms with van der Waals surface area (Å²) < 4.78 is 0. The molecule has 1 fully saturated rings. The van der Waals surface area contributed by atoms with Crippen LogP contribution in [-0.4, -0.2) is 34.0 Å². The van der Waals surface area contributed by atoms with Crippen molar-refractivity contribution < 1.29 is 9.90 Å². The molecule has 1 aromatic rings. The quantitative estimate of drug-likeness (QED) is 0.801. The van der Waals surface area contributed by atoms with Crippen molar-refractivity contribution in [2.24, 2.45) is 5.92 Å². The SMILES string of the molecule is O=C(O)[C@@H]1CCN(Cc2cccnc2)C1. The van der Waals surface area contributed by atoms with Gasteiger partial charge in [0.1, 0.15) is 0 Å². The van der Waals surface area contributed by atoms with E-state index < -0.39 is 5.97 Å². The average molecular weight is 206 g/mol. The van der Waals surface area contributed by atoms with E-state index in [9.17, 15) is 4.79 Å². The van der Waals surface area contributed by atoms with Gasteiger partial charge in [0.15, 0.2) is 0 Å². The van der Waals surface area contributed by atoms with Crippen molar-refractivity contribution in [2.45, 2.75) is 13.0 Å². The van der Waals surface area contributed by atoms with Crippen LogP contribution in [0.25, 0.3) is 0 Å². The molecule has 0 unspecified atom stereocenters. The first-order valence-electron chi connectivity index (χ1n) is 5.10. The molecule has 1 atom stereocenters. The van der Waals surface area contributed by atoms with Crippen molar-refractivity contribution in [1.82, 2.24) is 9.88 Å². The highest BCUT2D eigenvalue weighted by atomic mass is 16.4. The highest BCUT2D eigenvalue weighted by Crippen LogP contribution is 2.18. The van der Waals surface area contributed by atoms with Gasteiger partial charge in [0.25, 0.3) is 0 Å². The van der Waals surface area contributed by atoms with E-state index >= 15 is 0 Å². The molecule has 2 rings (SSSR count). The Bertz CT molecular complexity index is 340. The lowest BCUT2D eigenvalue weighted by atomic mass is 10.1. The summed E-state index contributed by atoms with van der Waals surface area (Å²) in [5.41, 5.74) is 1.14. The lowest BCUT2D eigenvalue weighted by Crippen LogP contribution is -2.22. The average Bonchev–Trinajstić information content (AvgIpc) is 2.68. The molecule has 0 bridgehead atoms. The van der Waals surface area contributed by atoms with Gasteiger partial charge in [-0.25, -0.2) is 0 Å². The third-order valence-corrected chi connectivity index (χ3v) is 2.75. The van der Waals surface area contributed by atoms with E-state index in [0.29, 0.717) is 6.54 Å². The zero-order valence-electron chi connectivity index (χ0n) is 8.47. The number of likely N-dealkylation sites (tertiary alicyclic amines) is 1. The van der Waals surface area contributed by atoms with E-state index in [1.54, 1.807) is 6.20 Å². The third-order valence-electron chi connectivity index (χ3n) is 2.75. The summed E-state index contributed by atoms with van der Waals surface area (Å²) >= 11 is 0. The Morgan fingerprint density at radius 3 is 3.13 bits per heavy atom. The van der Waals surface area contributed by atoms with Gasteiger partial charge in [0, 0.05) is 25.5 Å². The van der Waals surface area contributed by atoms with E-state index in [0.717, 1.165) is 25.1 Å². The Labute approximate surface area is 88.6 Å². The molecule has 4 heteroatoms. The smallest absolute Gasteiger partial charge is 0.307 e. The maximum atomic E-state index is 10.8. The highest BCUT2D eigenvalue weighted by molar-refractivity contribution is 5.70. The number of pyridine rings is 1. The molecule has 15 heavy (non-hydrogen) atoms. The largest absolute Gasteiger partial charge is 0.481 e. The number of hydrogen-bond donors (Lipinski definition) is 1. The molecule has 1 aliphatic rings. The van der Waals surface area contributed by atoms with Gasteiger partial charge < -0.3 is 5.11 Å². The maximum Gasteiger partial charge on any atom is 0.307 e. The van der Waals surface area contributed by atoms with Crippen LogP contribution in [0.15, 0.2) is 24.5 Å². The predicted octanol–water partition coefficient (Wildman–Crippen LogP) is 0.988. The summed E-state index contributed by atoms with van der Waals surface area (Å²) in [5, 5.41) is 8.86. The number of nitrogens with zero attached hydrogens (tertiary/aromatic N) is 2. The molecular formula is C11H14N2O2. The summed E-state index contributed by atoms with van der Waals surface area (Å²) in [5.74, 6) is -0.870. The fraction of sp³-hybridized carbons (Fsp3) is 0.455. The lowest BCUT2D eigenvalue weighted by molar-refractivity contribution is -0.141. The fourth-order valence-electron chi connectivity index (χ4n) is 1.93. The molecule has 0 aliphatic carbocycles. The Balaban J connectivity index is 1.90. The number of carbonyl (C=O) groups is 1. The van der Waals surface area contributed by atoms with E-state index in [2.05, 4.69) is 9.88 Å². The molecule has 4 nitrogen and oxygen atoms in total. The second-order valence-electron chi connectivity index (χ2n) is 3.92. The van der Waals surface area contributed by atoms with Crippen molar-refractivity contribution in [1.29, 1.82) is 0 Å². The zero-order valence-corrected chi connectivity index (χ0v) is 8.47. The Morgan fingerprint density at radius 2 is 2.53 bits per heavy atom. The van der Waals surface area contributed by atoms with Crippen LogP contribution in [0.5, 0.6) is 0 Å². The second kappa shape index (κ2) is 4.40. The zero-order chi connectivity index (χ0) is 10.7. The van der Waals surface area contributed by atoms with Crippen molar-refractivity contribution in [3.05, 3.63) is 30.1 Å². The van der Waals surface area contributed by atoms with Crippen LogP contribution in [0.4, 0.5) is 0 Å². The number of hydrogen-bond acceptors (Lipinski definition) is 3. The number of aromatic nitrogens is 1. The Morgan fingerprint density at radius 1 is 1.67 bits per heavy atom. The molecule has 0 aromatic carbocycles. The minimum Gasteiger partial charge on any atom is -0.481 e. The maximum absolute atomic E-state index is 10.8. The summed E-state index contributed by atoms with van der Waals surface area (Å²) in [6, 6.07) is 3.92. The van der Waals surface area contributed by atoms with Crippen molar-refractivity contribution in [2.75, 3.05) is 13.1 Å². The number of aliphatic carboxylic acids is 1. The van der Waals surface area contributed by atoms with Gasteiger partial charge in [-0.2, -0.15) is 0 Å². The van der Waals surface area contributed by atoms with Gasteiger partial charge in [0.05, 0.1) is 5.92 Å². The number of carboxylic acid groups (broad SMARTS) is 1. The molecule has 2 heterocycles. The van der Waals surface area contributed by atoms with Crippen LogP contribution in [0, 0.1) is 5.92 Å². The van der Waals surface area contributed by atoms with Crippen molar-refractivity contribution in [3.8, 4) is 0 Å². The molecule has 1 saturated heterocycles. The summed E-state index contributed by atoms with van der Waals surface area (Å²) in [7, 11) is 0. The lowest BCUT2D eigenvalue weighted by Gasteiger charge is -2.14. The molecule has 80 valence electrons. The minimum absolute atomic E-state index is 0.193. The first-order chi connectivity index (χ1) is 7.25. The predicted molar refractivity (Wildman–Crippen MR) is 55.3 cm³/mol.